The van der Waals surface area contributed by atoms with Crippen molar-refractivity contribution in [3.63, 3.8) is 0 Å². The van der Waals surface area contributed by atoms with Gasteiger partial charge in [0.25, 0.3) is 5.91 Å². The highest BCUT2D eigenvalue weighted by molar-refractivity contribution is 7.17. The zero-order valence-electron chi connectivity index (χ0n) is 14.3. The summed E-state index contributed by atoms with van der Waals surface area (Å²) < 4.78 is 1.96. The molecule has 25 heavy (non-hydrogen) atoms. The molecule has 3 rings (SSSR count). The van der Waals surface area contributed by atoms with Gasteiger partial charge in [-0.3, -0.25) is 4.79 Å². The summed E-state index contributed by atoms with van der Waals surface area (Å²) in [4.78, 5) is 21.9. The Balaban J connectivity index is 1.81. The van der Waals surface area contributed by atoms with Crippen LogP contribution in [0.25, 0.3) is 0 Å². The molecular formula is C18H21N5OS. The van der Waals surface area contributed by atoms with E-state index in [1.807, 2.05) is 54.9 Å². The summed E-state index contributed by atoms with van der Waals surface area (Å²) >= 11 is 1.38. The van der Waals surface area contributed by atoms with E-state index in [1.165, 1.54) is 11.3 Å². The normalized spacial score (nSPS) is 11.9. The second-order valence-corrected chi connectivity index (χ2v) is 6.66. The van der Waals surface area contributed by atoms with Gasteiger partial charge in [0, 0.05) is 25.5 Å². The third-order valence-corrected chi connectivity index (χ3v) is 4.90. The smallest absolute Gasteiger partial charge is 0.263 e. The van der Waals surface area contributed by atoms with Crippen LogP contribution in [-0.4, -0.2) is 27.0 Å². The van der Waals surface area contributed by atoms with E-state index in [0.29, 0.717) is 11.4 Å². The number of amides is 1. The Kier molecular flexibility index (Phi) is 5.45. The first-order valence-electron chi connectivity index (χ1n) is 8.20. The fourth-order valence-corrected chi connectivity index (χ4v) is 3.52. The molecule has 0 spiro atoms. The molecule has 3 aromatic rings. The second-order valence-electron chi connectivity index (χ2n) is 5.66. The molecule has 0 fully saturated rings. The highest BCUT2D eigenvalue weighted by Crippen LogP contribution is 2.24. The minimum Gasteiger partial charge on any atom is -0.362 e. The zero-order valence-corrected chi connectivity index (χ0v) is 15.1. The minimum atomic E-state index is -0.146. The second kappa shape index (κ2) is 7.94. The molecule has 130 valence electrons. The van der Waals surface area contributed by atoms with E-state index in [1.54, 1.807) is 12.5 Å². The Labute approximate surface area is 150 Å². The van der Waals surface area contributed by atoms with Crippen molar-refractivity contribution in [2.75, 3.05) is 11.9 Å². The van der Waals surface area contributed by atoms with Crippen LogP contribution in [-0.2, 0) is 6.54 Å². The predicted octanol–water partition coefficient (Wildman–Crippen LogP) is 3.25. The van der Waals surface area contributed by atoms with Gasteiger partial charge in [-0.15, -0.1) is 0 Å². The SMILES string of the molecule is CCNc1nc(C)c(C(=O)N[C@@H](Cn2ccnc2)c2ccccc2)s1. The van der Waals surface area contributed by atoms with Crippen LogP contribution in [0.4, 0.5) is 5.13 Å². The van der Waals surface area contributed by atoms with E-state index in [2.05, 4.69) is 20.6 Å². The lowest BCUT2D eigenvalue weighted by Crippen LogP contribution is -2.31. The molecule has 0 bridgehead atoms. The predicted molar refractivity (Wildman–Crippen MR) is 99.9 cm³/mol. The summed E-state index contributed by atoms with van der Waals surface area (Å²) in [7, 11) is 0. The fourth-order valence-electron chi connectivity index (χ4n) is 2.58. The maximum atomic E-state index is 12.8. The first-order valence-corrected chi connectivity index (χ1v) is 9.02. The summed E-state index contributed by atoms with van der Waals surface area (Å²) in [6.45, 7) is 5.27. The van der Waals surface area contributed by atoms with Gasteiger partial charge in [0.15, 0.2) is 5.13 Å². The van der Waals surface area contributed by atoms with Gasteiger partial charge >= 0.3 is 0 Å². The van der Waals surface area contributed by atoms with Gasteiger partial charge in [0.1, 0.15) is 4.88 Å². The summed E-state index contributed by atoms with van der Waals surface area (Å²) in [5.74, 6) is -0.104. The molecule has 0 aliphatic heterocycles. The van der Waals surface area contributed by atoms with Gasteiger partial charge in [-0.1, -0.05) is 41.7 Å². The number of nitrogens with zero attached hydrogens (tertiary/aromatic N) is 3. The molecule has 0 aliphatic carbocycles. The number of anilines is 1. The molecule has 6 nitrogen and oxygen atoms in total. The lowest BCUT2D eigenvalue weighted by Gasteiger charge is -2.19. The van der Waals surface area contributed by atoms with E-state index in [0.717, 1.165) is 22.9 Å². The van der Waals surface area contributed by atoms with E-state index in [-0.39, 0.29) is 11.9 Å². The molecule has 2 heterocycles. The summed E-state index contributed by atoms with van der Waals surface area (Å²) in [5, 5.41) is 7.07. The van der Waals surface area contributed by atoms with Gasteiger partial charge in [0.2, 0.25) is 0 Å². The topological polar surface area (TPSA) is 71.8 Å². The minimum absolute atomic E-state index is 0.104. The molecule has 1 atom stereocenters. The van der Waals surface area contributed by atoms with Crippen molar-refractivity contribution in [1.82, 2.24) is 19.9 Å². The maximum absolute atomic E-state index is 12.8. The van der Waals surface area contributed by atoms with E-state index in [9.17, 15) is 4.79 Å². The molecule has 0 radical (unpaired) electrons. The number of thiazole rings is 1. The standard InChI is InChI=1S/C18H21N5OS/c1-3-20-18-21-13(2)16(25-18)17(24)22-15(11-23-10-9-19-12-23)14-7-5-4-6-8-14/h4-10,12,15H,3,11H2,1-2H3,(H,20,21)(H,22,24)/t15-/m0/s1. The van der Waals surface area contributed by atoms with Crippen LogP contribution in [0.2, 0.25) is 0 Å². The third-order valence-electron chi connectivity index (χ3n) is 3.79. The lowest BCUT2D eigenvalue weighted by molar-refractivity contribution is 0.0936. The highest BCUT2D eigenvalue weighted by Gasteiger charge is 2.20. The van der Waals surface area contributed by atoms with Gasteiger partial charge in [0.05, 0.1) is 18.1 Å². The van der Waals surface area contributed by atoms with Gasteiger partial charge in [-0.05, 0) is 19.4 Å². The molecule has 0 saturated heterocycles. The Morgan fingerprint density at radius 3 is 2.80 bits per heavy atom. The third kappa shape index (κ3) is 4.24. The van der Waals surface area contributed by atoms with Gasteiger partial charge in [-0.2, -0.15) is 0 Å². The Morgan fingerprint density at radius 2 is 2.12 bits per heavy atom. The number of hydrogen-bond donors (Lipinski definition) is 2. The molecule has 2 N–H and O–H groups in total. The van der Waals surface area contributed by atoms with Crippen LogP contribution >= 0.6 is 11.3 Å². The van der Waals surface area contributed by atoms with Crippen LogP contribution in [0.15, 0.2) is 49.1 Å². The van der Waals surface area contributed by atoms with Crippen LogP contribution in [0.3, 0.4) is 0 Å². The van der Waals surface area contributed by atoms with Crippen LogP contribution in [0.1, 0.15) is 33.9 Å². The summed E-state index contributed by atoms with van der Waals surface area (Å²) in [6.07, 6.45) is 5.38. The van der Waals surface area contributed by atoms with Crippen molar-refractivity contribution in [1.29, 1.82) is 0 Å². The largest absolute Gasteiger partial charge is 0.362 e. The van der Waals surface area contributed by atoms with Crippen molar-refractivity contribution in [3.05, 3.63) is 65.2 Å². The zero-order chi connectivity index (χ0) is 17.6. The van der Waals surface area contributed by atoms with E-state index in [4.69, 9.17) is 0 Å². The molecule has 0 aliphatic rings. The Bertz CT molecular complexity index is 813. The number of benzene rings is 1. The van der Waals surface area contributed by atoms with Gasteiger partial charge < -0.3 is 15.2 Å². The van der Waals surface area contributed by atoms with Crippen LogP contribution in [0.5, 0.6) is 0 Å². The molecule has 1 aromatic carbocycles. The molecule has 2 aromatic heterocycles. The lowest BCUT2D eigenvalue weighted by atomic mass is 10.1. The molecular weight excluding hydrogens is 334 g/mol. The number of nitrogens with one attached hydrogen (secondary N) is 2. The first-order chi connectivity index (χ1) is 12.2. The highest BCUT2D eigenvalue weighted by atomic mass is 32.1. The van der Waals surface area contributed by atoms with Gasteiger partial charge in [-0.25, -0.2) is 9.97 Å². The molecule has 0 saturated carbocycles. The van der Waals surface area contributed by atoms with Crippen LogP contribution in [0, 0.1) is 6.92 Å². The number of carbonyl (C=O) groups excluding carboxylic acids is 1. The summed E-state index contributed by atoms with van der Waals surface area (Å²) in [5.41, 5.74) is 1.80. The number of aromatic nitrogens is 3. The van der Waals surface area contributed by atoms with Crippen LogP contribution < -0.4 is 10.6 Å². The van der Waals surface area contributed by atoms with Crippen molar-refractivity contribution in [3.8, 4) is 0 Å². The first kappa shape index (κ1) is 17.2. The Morgan fingerprint density at radius 1 is 1.32 bits per heavy atom. The molecule has 7 heteroatoms. The fraction of sp³-hybridized carbons (Fsp3) is 0.278. The number of hydrogen-bond acceptors (Lipinski definition) is 5. The number of imidazole rings is 1. The Hall–Kier alpha value is -2.67. The quantitative estimate of drug-likeness (QED) is 0.682. The average molecular weight is 355 g/mol. The van der Waals surface area contributed by atoms with Crippen molar-refractivity contribution in [2.24, 2.45) is 0 Å². The molecule has 0 unspecified atom stereocenters. The molecule has 1 amide bonds. The summed E-state index contributed by atoms with van der Waals surface area (Å²) in [6, 6.07) is 9.81. The average Bonchev–Trinajstić information content (AvgIpc) is 3.25. The maximum Gasteiger partial charge on any atom is 0.263 e. The van der Waals surface area contributed by atoms with E-state index < -0.39 is 0 Å². The number of carbonyl (C=O) groups is 1. The van der Waals surface area contributed by atoms with Crippen molar-refractivity contribution < 1.29 is 4.79 Å². The monoisotopic (exact) mass is 355 g/mol. The van der Waals surface area contributed by atoms with Crippen molar-refractivity contribution >= 4 is 22.4 Å². The van der Waals surface area contributed by atoms with E-state index >= 15 is 0 Å². The number of aryl methyl sites for hydroxylation is 1. The number of rotatable bonds is 7. The van der Waals surface area contributed by atoms with Crippen molar-refractivity contribution in [2.45, 2.75) is 26.4 Å².